The van der Waals surface area contributed by atoms with Gasteiger partial charge in [-0.15, -0.1) is 0 Å². The third kappa shape index (κ3) is 3.63. The summed E-state index contributed by atoms with van der Waals surface area (Å²) in [5.41, 5.74) is 0.101. The van der Waals surface area contributed by atoms with E-state index in [0.29, 0.717) is 4.47 Å². The zero-order valence-corrected chi connectivity index (χ0v) is 10.8. The highest BCUT2D eigenvalue weighted by Gasteiger charge is 2.38. The minimum absolute atomic E-state index is 0.101. The van der Waals surface area contributed by atoms with Crippen molar-refractivity contribution in [3.8, 4) is 0 Å². The van der Waals surface area contributed by atoms with Gasteiger partial charge in [-0.1, -0.05) is 0 Å². The molecule has 1 amide bonds. The van der Waals surface area contributed by atoms with Crippen LogP contribution in [0.3, 0.4) is 0 Å². The maximum atomic E-state index is 11.9. The highest BCUT2D eigenvalue weighted by Crippen LogP contribution is 2.26. The van der Waals surface area contributed by atoms with Crippen LogP contribution >= 0.6 is 38.5 Å². The smallest absolute Gasteiger partial charge is 0.317 e. The molecule has 1 aromatic rings. The zero-order chi connectivity index (χ0) is 11.6. The van der Waals surface area contributed by atoms with E-state index in [1.54, 1.807) is 17.4 Å². The second-order valence-corrected chi connectivity index (χ2v) is 4.68. The van der Waals surface area contributed by atoms with E-state index in [2.05, 4.69) is 15.9 Å². The molecule has 82 valence electrons. The van der Waals surface area contributed by atoms with Crippen molar-refractivity contribution in [2.45, 2.75) is 6.18 Å². The van der Waals surface area contributed by atoms with Gasteiger partial charge in [0.2, 0.25) is 0 Å². The second-order valence-electron chi connectivity index (χ2n) is 2.58. The van der Waals surface area contributed by atoms with Crippen LogP contribution in [0, 0.1) is 3.57 Å². The summed E-state index contributed by atoms with van der Waals surface area (Å²) < 4.78 is 36.9. The Morgan fingerprint density at radius 1 is 1.40 bits per heavy atom. The molecule has 0 bridgehead atoms. The van der Waals surface area contributed by atoms with Crippen LogP contribution in [0.5, 0.6) is 0 Å². The maximum Gasteiger partial charge on any atom is 0.471 e. The first kappa shape index (κ1) is 12.8. The van der Waals surface area contributed by atoms with Gasteiger partial charge in [-0.3, -0.25) is 4.79 Å². The number of rotatable bonds is 1. The summed E-state index contributed by atoms with van der Waals surface area (Å²) in [5.74, 6) is -1.98. The Hall–Kier alpha value is -0.310. The number of amides is 1. The fraction of sp³-hybridized carbons (Fsp3) is 0.125. The van der Waals surface area contributed by atoms with Crippen molar-refractivity contribution in [3.05, 3.63) is 26.2 Å². The maximum absolute atomic E-state index is 11.9. The van der Waals surface area contributed by atoms with Gasteiger partial charge in [-0.05, 0) is 56.7 Å². The van der Waals surface area contributed by atoms with Crippen molar-refractivity contribution >= 4 is 50.1 Å². The van der Waals surface area contributed by atoms with Crippen LogP contribution in [0.15, 0.2) is 22.7 Å². The quantitative estimate of drug-likeness (QED) is 0.726. The van der Waals surface area contributed by atoms with E-state index in [1.807, 2.05) is 22.6 Å². The fourth-order valence-corrected chi connectivity index (χ4v) is 1.62. The van der Waals surface area contributed by atoms with E-state index in [9.17, 15) is 18.0 Å². The predicted octanol–water partition coefficient (Wildman–Crippen LogP) is 3.55. The number of hydrogen-bond acceptors (Lipinski definition) is 1. The minimum Gasteiger partial charge on any atom is -0.317 e. The summed E-state index contributed by atoms with van der Waals surface area (Å²) in [6.07, 6.45) is -4.87. The average molecular weight is 394 g/mol. The van der Waals surface area contributed by atoms with Crippen LogP contribution in [0.2, 0.25) is 0 Å². The number of carbonyl (C=O) groups is 1. The number of halogens is 5. The molecular weight excluding hydrogens is 390 g/mol. The Kier molecular flexibility index (Phi) is 3.99. The molecule has 0 atom stereocenters. The number of hydrogen-bond donors (Lipinski definition) is 1. The van der Waals surface area contributed by atoms with Crippen LogP contribution in [0.4, 0.5) is 18.9 Å². The molecule has 7 heteroatoms. The molecule has 0 saturated carbocycles. The van der Waals surface area contributed by atoms with Gasteiger partial charge >= 0.3 is 12.1 Å². The molecule has 0 spiro atoms. The summed E-state index contributed by atoms with van der Waals surface area (Å²) in [7, 11) is 0. The third-order valence-corrected chi connectivity index (χ3v) is 2.80. The molecular formula is C8H4BrF3INO. The minimum atomic E-state index is -4.87. The van der Waals surface area contributed by atoms with Crippen molar-refractivity contribution in [2.75, 3.05) is 5.32 Å². The molecule has 0 heterocycles. The first-order valence-corrected chi connectivity index (χ1v) is 5.51. The van der Waals surface area contributed by atoms with Gasteiger partial charge in [0.1, 0.15) is 0 Å². The van der Waals surface area contributed by atoms with Gasteiger partial charge in [0.05, 0.1) is 5.69 Å². The Balaban J connectivity index is 2.90. The lowest BCUT2D eigenvalue weighted by Crippen LogP contribution is -2.30. The monoisotopic (exact) mass is 393 g/mol. The first-order chi connectivity index (χ1) is 6.80. The van der Waals surface area contributed by atoms with E-state index in [0.717, 1.165) is 3.57 Å². The highest BCUT2D eigenvalue weighted by molar-refractivity contribution is 14.1. The number of nitrogens with one attached hydrogen (secondary N) is 1. The molecule has 15 heavy (non-hydrogen) atoms. The lowest BCUT2D eigenvalue weighted by atomic mass is 10.3. The normalized spacial score (nSPS) is 11.3. The van der Waals surface area contributed by atoms with Crippen LogP contribution in [-0.2, 0) is 4.79 Å². The van der Waals surface area contributed by atoms with E-state index < -0.39 is 12.1 Å². The van der Waals surface area contributed by atoms with E-state index in [1.165, 1.54) is 6.07 Å². The van der Waals surface area contributed by atoms with Crippen LogP contribution in [0.1, 0.15) is 0 Å². The average Bonchev–Trinajstić information content (AvgIpc) is 2.09. The summed E-state index contributed by atoms with van der Waals surface area (Å²) >= 11 is 4.98. The van der Waals surface area contributed by atoms with E-state index in [-0.39, 0.29) is 5.69 Å². The lowest BCUT2D eigenvalue weighted by molar-refractivity contribution is -0.167. The largest absolute Gasteiger partial charge is 0.471 e. The van der Waals surface area contributed by atoms with Crippen molar-refractivity contribution in [2.24, 2.45) is 0 Å². The summed E-state index contributed by atoms with van der Waals surface area (Å²) in [4.78, 5) is 10.6. The number of carbonyl (C=O) groups excluding carboxylic acids is 1. The highest BCUT2D eigenvalue weighted by atomic mass is 127. The van der Waals surface area contributed by atoms with E-state index in [4.69, 9.17) is 0 Å². The fourth-order valence-electron chi connectivity index (χ4n) is 0.786. The van der Waals surface area contributed by atoms with Crippen LogP contribution in [0.25, 0.3) is 0 Å². The topological polar surface area (TPSA) is 29.1 Å². The molecule has 0 radical (unpaired) electrons. The van der Waals surface area contributed by atoms with E-state index >= 15 is 0 Å². The molecule has 0 aromatic heterocycles. The molecule has 0 saturated heterocycles. The Bertz CT molecular complexity index is 394. The predicted molar refractivity (Wildman–Crippen MR) is 61.5 cm³/mol. The van der Waals surface area contributed by atoms with Crippen molar-refractivity contribution in [3.63, 3.8) is 0 Å². The second kappa shape index (κ2) is 4.69. The number of anilines is 1. The number of benzene rings is 1. The van der Waals surface area contributed by atoms with Gasteiger partial charge in [0.25, 0.3) is 0 Å². The van der Waals surface area contributed by atoms with Gasteiger partial charge in [0, 0.05) is 8.04 Å². The Morgan fingerprint density at radius 2 is 2.00 bits per heavy atom. The molecule has 0 aliphatic heterocycles. The third-order valence-electron chi connectivity index (χ3n) is 1.43. The van der Waals surface area contributed by atoms with Gasteiger partial charge in [0.15, 0.2) is 0 Å². The molecule has 0 aliphatic carbocycles. The van der Waals surface area contributed by atoms with Crippen LogP contribution < -0.4 is 5.32 Å². The van der Waals surface area contributed by atoms with Crippen molar-refractivity contribution in [1.29, 1.82) is 0 Å². The first-order valence-electron chi connectivity index (χ1n) is 3.64. The molecule has 1 aromatic carbocycles. The SMILES string of the molecule is O=C(Nc1cc(I)ccc1Br)C(F)(F)F. The van der Waals surface area contributed by atoms with Crippen molar-refractivity contribution in [1.82, 2.24) is 0 Å². The lowest BCUT2D eigenvalue weighted by Gasteiger charge is -2.09. The molecule has 0 unspecified atom stereocenters. The molecule has 1 N–H and O–H groups in total. The summed E-state index contributed by atoms with van der Waals surface area (Å²) in [5, 5.41) is 1.78. The van der Waals surface area contributed by atoms with Crippen LogP contribution in [-0.4, -0.2) is 12.1 Å². The molecule has 2 nitrogen and oxygen atoms in total. The zero-order valence-electron chi connectivity index (χ0n) is 7.03. The van der Waals surface area contributed by atoms with Crippen molar-refractivity contribution < 1.29 is 18.0 Å². The molecule has 0 fully saturated rings. The standard InChI is InChI=1S/C8H4BrF3INO/c9-5-2-1-4(13)3-6(5)14-7(15)8(10,11)12/h1-3H,(H,14,15). The Labute approximate surface area is 105 Å². The van der Waals surface area contributed by atoms with Gasteiger partial charge in [-0.2, -0.15) is 13.2 Å². The Morgan fingerprint density at radius 3 is 2.53 bits per heavy atom. The van der Waals surface area contributed by atoms with Gasteiger partial charge in [-0.25, -0.2) is 0 Å². The molecule has 0 aliphatic rings. The summed E-state index contributed by atoms with van der Waals surface area (Å²) in [6, 6.07) is 4.70. The molecule has 1 rings (SSSR count). The summed E-state index contributed by atoms with van der Waals surface area (Å²) in [6.45, 7) is 0. The number of alkyl halides is 3. The van der Waals surface area contributed by atoms with Gasteiger partial charge < -0.3 is 5.32 Å².